The van der Waals surface area contributed by atoms with Gasteiger partial charge in [0.2, 0.25) is 0 Å². The van der Waals surface area contributed by atoms with Crippen molar-refractivity contribution in [2.75, 3.05) is 0 Å². The van der Waals surface area contributed by atoms with Crippen LogP contribution in [0, 0.1) is 15.9 Å². The Bertz CT molecular complexity index is 1220. The summed E-state index contributed by atoms with van der Waals surface area (Å²) in [6.45, 7) is 0.172. The van der Waals surface area contributed by atoms with E-state index in [1.54, 1.807) is 42.5 Å². The Balaban J connectivity index is 1.58. The Hall–Kier alpha value is -4.05. The zero-order chi connectivity index (χ0) is 22.5. The monoisotopic (exact) mass is 450 g/mol. The molecule has 0 unspecified atom stereocenters. The Morgan fingerprint density at radius 2 is 1.81 bits per heavy atom. The molecule has 2 heterocycles. The van der Waals surface area contributed by atoms with Crippen molar-refractivity contribution in [3.05, 3.63) is 105 Å². The molecule has 32 heavy (non-hydrogen) atoms. The minimum absolute atomic E-state index is 0.0226. The number of carbonyl (C=O) groups is 1. The summed E-state index contributed by atoms with van der Waals surface area (Å²) in [5, 5.41) is 19.3. The maximum absolute atomic E-state index is 13.2. The average molecular weight is 450 g/mol. The highest BCUT2D eigenvalue weighted by atomic mass is 32.2. The third-order valence-corrected chi connectivity index (χ3v) is 5.40. The van der Waals surface area contributed by atoms with E-state index in [0.29, 0.717) is 27.0 Å². The van der Waals surface area contributed by atoms with E-state index in [0.717, 1.165) is 11.8 Å². The van der Waals surface area contributed by atoms with Gasteiger partial charge in [-0.1, -0.05) is 12.1 Å². The van der Waals surface area contributed by atoms with E-state index in [4.69, 9.17) is 4.42 Å². The summed E-state index contributed by atoms with van der Waals surface area (Å²) < 4.78 is 18.5. The van der Waals surface area contributed by atoms with Crippen LogP contribution in [0.15, 0.2) is 86.5 Å². The van der Waals surface area contributed by atoms with Crippen molar-refractivity contribution in [3.8, 4) is 0 Å². The van der Waals surface area contributed by atoms with E-state index in [-0.39, 0.29) is 24.0 Å². The standard InChI is InChI=1S/C22H15FN4O4S/c23-17-7-3-15(4-8-17)12-20-21(28)26(14-19-2-1-11-31-19)22(32-20)25-24-13-16-5-9-18(10-6-16)27(29)30/h1-13H,14H2/b20-12-,24-13-,25-22+. The minimum atomic E-state index is -0.483. The van der Waals surface area contributed by atoms with E-state index in [2.05, 4.69) is 10.2 Å². The van der Waals surface area contributed by atoms with Gasteiger partial charge in [-0.05, 0) is 65.4 Å². The second-order valence-electron chi connectivity index (χ2n) is 6.61. The number of non-ortho nitro benzene ring substituents is 1. The molecule has 1 aromatic heterocycles. The maximum atomic E-state index is 13.2. The van der Waals surface area contributed by atoms with Gasteiger partial charge in [0.25, 0.3) is 11.6 Å². The van der Waals surface area contributed by atoms with Gasteiger partial charge in [-0.3, -0.25) is 19.8 Å². The predicted octanol–water partition coefficient (Wildman–Crippen LogP) is 4.83. The molecule has 0 N–H and O–H groups in total. The van der Waals surface area contributed by atoms with Crippen LogP contribution in [0.5, 0.6) is 0 Å². The lowest BCUT2D eigenvalue weighted by atomic mass is 10.2. The fourth-order valence-corrected chi connectivity index (χ4v) is 3.75. The zero-order valence-electron chi connectivity index (χ0n) is 16.4. The van der Waals surface area contributed by atoms with Crippen molar-refractivity contribution in [1.29, 1.82) is 0 Å². The molecule has 1 saturated heterocycles. The smallest absolute Gasteiger partial charge is 0.269 e. The van der Waals surface area contributed by atoms with Gasteiger partial charge in [0.05, 0.1) is 28.9 Å². The molecule has 4 rings (SSSR count). The molecule has 0 radical (unpaired) electrons. The van der Waals surface area contributed by atoms with Crippen molar-refractivity contribution in [2.24, 2.45) is 10.2 Å². The Morgan fingerprint density at radius 1 is 1.09 bits per heavy atom. The van der Waals surface area contributed by atoms with Crippen LogP contribution in [0.2, 0.25) is 0 Å². The first-order chi connectivity index (χ1) is 15.5. The molecule has 0 atom stereocenters. The number of nitro groups is 1. The number of furan rings is 1. The number of amidine groups is 1. The normalized spacial score (nSPS) is 16.5. The number of benzene rings is 2. The van der Waals surface area contributed by atoms with Gasteiger partial charge < -0.3 is 4.42 Å². The quantitative estimate of drug-likeness (QED) is 0.232. The number of nitrogens with zero attached hydrogens (tertiary/aromatic N) is 4. The van der Waals surface area contributed by atoms with Gasteiger partial charge in [0.1, 0.15) is 11.6 Å². The van der Waals surface area contributed by atoms with Crippen LogP contribution in [0.4, 0.5) is 10.1 Å². The Morgan fingerprint density at radius 3 is 2.47 bits per heavy atom. The van der Waals surface area contributed by atoms with Gasteiger partial charge in [0, 0.05) is 12.1 Å². The first kappa shape index (κ1) is 21.2. The van der Waals surface area contributed by atoms with Crippen LogP contribution in [0.1, 0.15) is 16.9 Å². The first-order valence-electron chi connectivity index (χ1n) is 9.34. The molecule has 1 amide bonds. The lowest BCUT2D eigenvalue weighted by Crippen LogP contribution is -2.28. The number of amides is 1. The highest BCUT2D eigenvalue weighted by molar-refractivity contribution is 8.18. The summed E-state index contributed by atoms with van der Waals surface area (Å²) in [6, 6.07) is 15.1. The molecule has 0 bridgehead atoms. The second kappa shape index (κ2) is 9.40. The van der Waals surface area contributed by atoms with Crippen LogP contribution >= 0.6 is 11.8 Å². The summed E-state index contributed by atoms with van der Waals surface area (Å²) in [6.07, 6.45) is 4.61. The summed E-state index contributed by atoms with van der Waals surface area (Å²) in [4.78, 5) is 25.1. The second-order valence-corrected chi connectivity index (χ2v) is 7.62. The number of nitro benzene ring substituents is 1. The molecule has 2 aromatic carbocycles. The lowest BCUT2D eigenvalue weighted by molar-refractivity contribution is -0.384. The number of carbonyl (C=O) groups excluding carboxylic acids is 1. The van der Waals surface area contributed by atoms with Gasteiger partial charge in [0.15, 0.2) is 5.17 Å². The molecule has 1 aliphatic heterocycles. The molecule has 0 aliphatic carbocycles. The van der Waals surface area contributed by atoms with Crippen LogP contribution in [-0.2, 0) is 11.3 Å². The summed E-state index contributed by atoms with van der Waals surface area (Å²) in [5.74, 6) is -0.0612. The maximum Gasteiger partial charge on any atom is 0.269 e. The van der Waals surface area contributed by atoms with Gasteiger partial charge in [-0.2, -0.15) is 5.10 Å². The zero-order valence-corrected chi connectivity index (χ0v) is 17.2. The van der Waals surface area contributed by atoms with E-state index >= 15 is 0 Å². The summed E-state index contributed by atoms with van der Waals surface area (Å²) >= 11 is 1.14. The van der Waals surface area contributed by atoms with Gasteiger partial charge in [-0.25, -0.2) is 4.39 Å². The van der Waals surface area contributed by atoms with Gasteiger partial charge in [-0.15, -0.1) is 5.10 Å². The SMILES string of the molecule is O=C1/C(=C/c2ccc(F)cc2)S/C(=N/N=C\c2ccc([N+](=O)[O-])cc2)N1Cc1ccco1. The predicted molar refractivity (Wildman–Crippen MR) is 119 cm³/mol. The molecule has 160 valence electrons. The van der Waals surface area contributed by atoms with E-state index in [9.17, 15) is 19.3 Å². The fourth-order valence-electron chi connectivity index (χ4n) is 2.82. The highest BCUT2D eigenvalue weighted by Crippen LogP contribution is 2.33. The summed E-state index contributed by atoms with van der Waals surface area (Å²) in [7, 11) is 0. The Kier molecular flexibility index (Phi) is 6.22. The number of rotatable bonds is 6. The number of thioether (sulfide) groups is 1. The Labute approximate surface area is 185 Å². The summed E-state index contributed by atoms with van der Waals surface area (Å²) in [5.41, 5.74) is 1.27. The largest absolute Gasteiger partial charge is 0.467 e. The minimum Gasteiger partial charge on any atom is -0.467 e. The van der Waals surface area contributed by atoms with E-state index in [1.807, 2.05) is 0 Å². The van der Waals surface area contributed by atoms with Crippen LogP contribution in [-0.4, -0.2) is 27.1 Å². The molecule has 8 nitrogen and oxygen atoms in total. The third-order valence-electron chi connectivity index (χ3n) is 4.40. The van der Waals surface area contributed by atoms with Crippen LogP contribution in [0.25, 0.3) is 6.08 Å². The van der Waals surface area contributed by atoms with Crippen molar-refractivity contribution in [2.45, 2.75) is 6.54 Å². The topological polar surface area (TPSA) is 101 Å². The average Bonchev–Trinajstić information content (AvgIpc) is 3.40. The third kappa shape index (κ3) is 4.98. The first-order valence-corrected chi connectivity index (χ1v) is 10.2. The number of halogens is 1. The molecular weight excluding hydrogens is 435 g/mol. The fraction of sp³-hybridized carbons (Fsp3) is 0.0455. The van der Waals surface area contributed by atoms with Crippen molar-refractivity contribution in [1.82, 2.24) is 4.90 Å². The highest BCUT2D eigenvalue weighted by Gasteiger charge is 2.34. The van der Waals surface area contributed by atoms with E-state index in [1.165, 1.54) is 41.6 Å². The molecule has 3 aromatic rings. The van der Waals surface area contributed by atoms with Crippen LogP contribution < -0.4 is 0 Å². The molecular formula is C22H15FN4O4S. The van der Waals surface area contributed by atoms with Gasteiger partial charge >= 0.3 is 0 Å². The van der Waals surface area contributed by atoms with Crippen LogP contribution in [0.3, 0.4) is 0 Å². The molecule has 1 fully saturated rings. The molecule has 0 saturated carbocycles. The molecule has 1 aliphatic rings. The lowest BCUT2D eigenvalue weighted by Gasteiger charge is -2.12. The van der Waals surface area contributed by atoms with Crippen molar-refractivity contribution >= 4 is 40.8 Å². The van der Waals surface area contributed by atoms with E-state index < -0.39 is 4.92 Å². The van der Waals surface area contributed by atoms with Crippen molar-refractivity contribution < 1.29 is 18.5 Å². The number of hydrogen-bond donors (Lipinski definition) is 0. The molecule has 0 spiro atoms. The van der Waals surface area contributed by atoms with Crippen molar-refractivity contribution in [3.63, 3.8) is 0 Å². The molecule has 10 heteroatoms. The number of hydrogen-bond acceptors (Lipinski definition) is 7.